The van der Waals surface area contributed by atoms with E-state index < -0.39 is 0 Å². The van der Waals surface area contributed by atoms with Gasteiger partial charge < -0.3 is 15.7 Å². The fourth-order valence-corrected chi connectivity index (χ4v) is 2.88. The van der Waals surface area contributed by atoms with Crippen molar-refractivity contribution < 1.29 is 5.11 Å². The second kappa shape index (κ2) is 5.43. The molecule has 1 saturated heterocycles. The van der Waals surface area contributed by atoms with Gasteiger partial charge in [0.1, 0.15) is 4.99 Å². The van der Waals surface area contributed by atoms with Crippen LogP contribution in [0.4, 0.5) is 5.69 Å². The van der Waals surface area contributed by atoms with E-state index >= 15 is 0 Å². The van der Waals surface area contributed by atoms with E-state index in [4.69, 9.17) is 29.6 Å². The van der Waals surface area contributed by atoms with Crippen LogP contribution in [0.15, 0.2) is 18.2 Å². The molecular weight excluding hydrogens is 268 g/mol. The van der Waals surface area contributed by atoms with Gasteiger partial charge in [0, 0.05) is 22.8 Å². The SMILES string of the molecule is CC1CCN(c2cc(Cl)ccc2C(N)=S)C1CO. The summed E-state index contributed by atoms with van der Waals surface area (Å²) in [7, 11) is 0. The number of nitrogens with two attached hydrogens (primary N) is 1. The number of aliphatic hydroxyl groups is 1. The van der Waals surface area contributed by atoms with Crippen molar-refractivity contribution in [1.29, 1.82) is 0 Å². The summed E-state index contributed by atoms with van der Waals surface area (Å²) in [6.45, 7) is 3.17. The van der Waals surface area contributed by atoms with Gasteiger partial charge in [0.2, 0.25) is 0 Å². The van der Waals surface area contributed by atoms with Crippen LogP contribution in [0.25, 0.3) is 0 Å². The molecule has 18 heavy (non-hydrogen) atoms. The van der Waals surface area contributed by atoms with Crippen LogP contribution in [0.5, 0.6) is 0 Å². The summed E-state index contributed by atoms with van der Waals surface area (Å²) in [4.78, 5) is 2.52. The van der Waals surface area contributed by atoms with E-state index in [1.54, 1.807) is 6.07 Å². The zero-order valence-corrected chi connectivity index (χ0v) is 11.8. The van der Waals surface area contributed by atoms with Gasteiger partial charge in [-0.2, -0.15) is 0 Å². The normalized spacial score (nSPS) is 23.4. The molecule has 1 heterocycles. The molecule has 0 radical (unpaired) electrons. The third-order valence-electron chi connectivity index (χ3n) is 3.60. The van der Waals surface area contributed by atoms with Crippen molar-refractivity contribution in [3.8, 4) is 0 Å². The number of aliphatic hydroxyl groups excluding tert-OH is 1. The second-order valence-corrected chi connectivity index (χ2v) is 5.61. The average Bonchev–Trinajstić information content (AvgIpc) is 2.69. The Morgan fingerprint density at radius 2 is 2.33 bits per heavy atom. The third-order valence-corrected chi connectivity index (χ3v) is 4.06. The largest absolute Gasteiger partial charge is 0.394 e. The van der Waals surface area contributed by atoms with Crippen molar-refractivity contribution in [2.75, 3.05) is 18.1 Å². The molecule has 1 aliphatic rings. The van der Waals surface area contributed by atoms with E-state index in [0.29, 0.717) is 15.9 Å². The van der Waals surface area contributed by atoms with Crippen LogP contribution in [-0.4, -0.2) is 29.3 Å². The molecule has 5 heteroatoms. The summed E-state index contributed by atoms with van der Waals surface area (Å²) in [5, 5.41) is 10.2. The predicted octanol–water partition coefficient (Wildman–Crippen LogP) is 2.18. The van der Waals surface area contributed by atoms with Crippen molar-refractivity contribution in [2.24, 2.45) is 11.7 Å². The molecule has 0 bridgehead atoms. The lowest BCUT2D eigenvalue weighted by Crippen LogP contribution is -2.36. The van der Waals surface area contributed by atoms with Crippen molar-refractivity contribution in [3.63, 3.8) is 0 Å². The molecule has 1 aromatic carbocycles. The molecule has 2 rings (SSSR count). The first-order valence-electron chi connectivity index (χ1n) is 6.01. The fraction of sp³-hybridized carbons (Fsp3) is 0.462. The number of nitrogens with zero attached hydrogens (tertiary/aromatic N) is 1. The highest BCUT2D eigenvalue weighted by Gasteiger charge is 2.32. The van der Waals surface area contributed by atoms with Crippen molar-refractivity contribution >= 4 is 34.5 Å². The second-order valence-electron chi connectivity index (χ2n) is 4.73. The Hall–Kier alpha value is -0.840. The van der Waals surface area contributed by atoms with E-state index in [1.807, 2.05) is 12.1 Å². The molecular formula is C13H17ClN2OS. The molecule has 1 fully saturated rings. The van der Waals surface area contributed by atoms with Gasteiger partial charge in [-0.25, -0.2) is 0 Å². The number of anilines is 1. The Kier molecular flexibility index (Phi) is 4.10. The molecule has 0 aromatic heterocycles. The maximum atomic E-state index is 9.53. The van der Waals surface area contributed by atoms with Crippen molar-refractivity contribution in [1.82, 2.24) is 0 Å². The molecule has 2 unspecified atom stereocenters. The maximum Gasteiger partial charge on any atom is 0.106 e. The number of hydrogen-bond donors (Lipinski definition) is 2. The zero-order chi connectivity index (χ0) is 13.3. The van der Waals surface area contributed by atoms with Gasteiger partial charge in [-0.3, -0.25) is 0 Å². The third kappa shape index (κ3) is 2.46. The first-order chi connectivity index (χ1) is 8.54. The number of rotatable bonds is 3. The highest BCUT2D eigenvalue weighted by atomic mass is 35.5. The van der Waals surface area contributed by atoms with Gasteiger partial charge >= 0.3 is 0 Å². The van der Waals surface area contributed by atoms with Gasteiger partial charge in [-0.05, 0) is 30.5 Å². The summed E-state index contributed by atoms with van der Waals surface area (Å²) in [6.07, 6.45) is 1.05. The van der Waals surface area contributed by atoms with Crippen LogP contribution < -0.4 is 10.6 Å². The summed E-state index contributed by atoms with van der Waals surface area (Å²) in [6, 6.07) is 5.61. The van der Waals surface area contributed by atoms with Gasteiger partial charge in [0.15, 0.2) is 0 Å². The van der Waals surface area contributed by atoms with Crippen LogP contribution >= 0.6 is 23.8 Å². The quantitative estimate of drug-likeness (QED) is 0.836. The van der Waals surface area contributed by atoms with Crippen LogP contribution in [0.2, 0.25) is 5.02 Å². The molecule has 2 atom stereocenters. The lowest BCUT2D eigenvalue weighted by atomic mass is 10.0. The smallest absolute Gasteiger partial charge is 0.106 e. The molecule has 0 spiro atoms. The number of halogens is 1. The summed E-state index contributed by atoms with van der Waals surface area (Å²) < 4.78 is 0. The standard InChI is InChI=1S/C13H17ClN2OS/c1-8-4-5-16(12(8)7-17)11-6-9(14)2-3-10(11)13(15)18/h2-3,6,8,12,17H,4-5,7H2,1H3,(H2,15,18). The molecule has 0 aliphatic carbocycles. The van der Waals surface area contributed by atoms with Gasteiger partial charge in [-0.15, -0.1) is 0 Å². The summed E-state index contributed by atoms with van der Waals surface area (Å²) >= 11 is 11.1. The van der Waals surface area contributed by atoms with Crippen LogP contribution in [0, 0.1) is 5.92 Å². The topological polar surface area (TPSA) is 49.5 Å². The molecule has 1 aromatic rings. The molecule has 3 nitrogen and oxygen atoms in total. The summed E-state index contributed by atoms with van der Waals surface area (Å²) in [5.74, 6) is 0.452. The van der Waals surface area contributed by atoms with E-state index in [1.165, 1.54) is 0 Å². The first-order valence-corrected chi connectivity index (χ1v) is 6.80. The fourth-order valence-electron chi connectivity index (χ4n) is 2.54. The zero-order valence-electron chi connectivity index (χ0n) is 10.3. The Bertz CT molecular complexity index is 466. The lowest BCUT2D eigenvalue weighted by molar-refractivity contribution is 0.245. The van der Waals surface area contributed by atoms with Crippen molar-refractivity contribution in [2.45, 2.75) is 19.4 Å². The highest BCUT2D eigenvalue weighted by Crippen LogP contribution is 2.33. The van der Waals surface area contributed by atoms with Crippen LogP contribution in [0.1, 0.15) is 18.9 Å². The Morgan fingerprint density at radius 1 is 1.61 bits per heavy atom. The Morgan fingerprint density at radius 3 is 2.94 bits per heavy atom. The van der Waals surface area contributed by atoms with Gasteiger partial charge in [-0.1, -0.05) is 30.7 Å². The van der Waals surface area contributed by atoms with Crippen LogP contribution in [-0.2, 0) is 0 Å². The van der Waals surface area contributed by atoms with E-state index in [9.17, 15) is 5.11 Å². The minimum atomic E-state index is 0.108. The van der Waals surface area contributed by atoms with Crippen LogP contribution in [0.3, 0.4) is 0 Å². The molecule has 1 aliphatic heterocycles. The van der Waals surface area contributed by atoms with E-state index in [0.717, 1.165) is 24.2 Å². The Balaban J connectivity index is 2.43. The Labute approximate surface area is 118 Å². The average molecular weight is 285 g/mol. The molecule has 0 saturated carbocycles. The monoisotopic (exact) mass is 284 g/mol. The van der Waals surface area contributed by atoms with E-state index in [2.05, 4.69) is 11.8 Å². The molecule has 0 amide bonds. The van der Waals surface area contributed by atoms with Gasteiger partial charge in [0.05, 0.1) is 12.6 Å². The highest BCUT2D eigenvalue weighted by molar-refractivity contribution is 7.80. The first kappa shape index (κ1) is 13.6. The lowest BCUT2D eigenvalue weighted by Gasteiger charge is -2.29. The van der Waals surface area contributed by atoms with E-state index in [-0.39, 0.29) is 12.6 Å². The number of thiocarbonyl (C=S) groups is 1. The minimum Gasteiger partial charge on any atom is -0.394 e. The molecule has 98 valence electrons. The molecule has 3 N–H and O–H groups in total. The predicted molar refractivity (Wildman–Crippen MR) is 79.3 cm³/mol. The summed E-state index contributed by atoms with van der Waals surface area (Å²) in [5.41, 5.74) is 7.50. The minimum absolute atomic E-state index is 0.108. The maximum absolute atomic E-state index is 9.53. The number of benzene rings is 1. The van der Waals surface area contributed by atoms with Crippen molar-refractivity contribution in [3.05, 3.63) is 28.8 Å². The van der Waals surface area contributed by atoms with Gasteiger partial charge in [0.25, 0.3) is 0 Å². The number of hydrogen-bond acceptors (Lipinski definition) is 3.